The highest BCUT2D eigenvalue weighted by atomic mass is 32.2. The Balaban J connectivity index is 1.55. The Bertz CT molecular complexity index is 1210. The van der Waals surface area contributed by atoms with Crippen LogP contribution in [0.2, 0.25) is 0 Å². The van der Waals surface area contributed by atoms with Crippen molar-refractivity contribution in [2.75, 3.05) is 18.6 Å². The zero-order chi connectivity index (χ0) is 23.9. The fraction of sp³-hybridized carbons (Fsp3) is 0.471. The van der Waals surface area contributed by atoms with Gasteiger partial charge >= 0.3 is 5.97 Å². The number of amides is 1. The van der Waals surface area contributed by atoms with Gasteiger partial charge in [-0.3, -0.25) is 14.5 Å². The number of thioether (sulfide) groups is 2. The third-order valence-corrected chi connectivity index (χ3v) is 8.19. The molecule has 2 aromatic rings. The topological polar surface area (TPSA) is 168 Å². The summed E-state index contributed by atoms with van der Waals surface area (Å²) in [4.78, 5) is 38.1. The molecule has 1 fully saturated rings. The number of carboxylic acids is 1. The molecule has 4 rings (SSSR count). The van der Waals surface area contributed by atoms with Crippen molar-refractivity contribution in [2.24, 2.45) is 7.05 Å². The van der Waals surface area contributed by atoms with E-state index in [2.05, 4.69) is 26.0 Å². The predicted molar refractivity (Wildman–Crippen MR) is 120 cm³/mol. The average molecular weight is 514 g/mol. The number of rotatable bonds is 8. The summed E-state index contributed by atoms with van der Waals surface area (Å²) in [6.07, 6.45) is 0. The maximum Gasteiger partial charge on any atom is 0.352 e. The van der Waals surface area contributed by atoms with Crippen molar-refractivity contribution in [3.63, 3.8) is 0 Å². The van der Waals surface area contributed by atoms with Crippen molar-refractivity contribution >= 4 is 52.6 Å². The molecule has 0 aliphatic carbocycles. The Morgan fingerprint density at radius 2 is 2.33 bits per heavy atom. The molecule has 0 spiro atoms. The number of nitrogens with one attached hydrogen (secondary N) is 2. The Morgan fingerprint density at radius 3 is 2.91 bits per heavy atom. The smallest absolute Gasteiger partial charge is 0.352 e. The van der Waals surface area contributed by atoms with Crippen molar-refractivity contribution in [2.45, 2.75) is 29.1 Å². The van der Waals surface area contributed by atoms with Crippen molar-refractivity contribution in [3.8, 4) is 0 Å². The minimum Gasteiger partial charge on any atom is -0.477 e. The first-order valence-electron chi connectivity index (χ1n) is 9.51. The fourth-order valence-corrected chi connectivity index (χ4v) is 6.18. The molecule has 1 unspecified atom stereocenters. The average Bonchev–Trinajstić information content (AvgIpc) is 3.41. The number of aryl methyl sites for hydroxylation is 1. The Labute approximate surface area is 200 Å². The van der Waals surface area contributed by atoms with Crippen LogP contribution >= 0.6 is 35.7 Å². The molecule has 0 bridgehead atoms. The highest BCUT2D eigenvalue weighted by molar-refractivity contribution is 8.01. The summed E-state index contributed by atoms with van der Waals surface area (Å²) >= 11 is 8.07. The number of tetrazole rings is 1. The number of hydrogen-bond acceptors (Lipinski definition) is 11. The van der Waals surface area contributed by atoms with E-state index < -0.39 is 34.5 Å². The number of ether oxygens (including phenoxy) is 1. The third-order valence-electron chi connectivity index (χ3n) is 5.26. The molecule has 13 nitrogen and oxygen atoms in total. The van der Waals surface area contributed by atoms with Crippen LogP contribution in [0.1, 0.15) is 18.6 Å². The molecular formula is C17H19N7O6S3. The second-order valence-corrected chi connectivity index (χ2v) is 9.69. The van der Waals surface area contributed by atoms with Crippen molar-refractivity contribution in [1.29, 1.82) is 0 Å². The van der Waals surface area contributed by atoms with Crippen molar-refractivity contribution in [1.82, 2.24) is 35.6 Å². The van der Waals surface area contributed by atoms with E-state index in [-0.39, 0.29) is 10.7 Å². The van der Waals surface area contributed by atoms with E-state index in [1.807, 2.05) is 0 Å². The first kappa shape index (κ1) is 23.5. The quantitative estimate of drug-likeness (QED) is 0.185. The van der Waals surface area contributed by atoms with Gasteiger partial charge in [0, 0.05) is 31.7 Å². The molecule has 0 radical (unpaired) electrons. The number of H-pyrrole nitrogens is 1. The maximum absolute atomic E-state index is 13.2. The van der Waals surface area contributed by atoms with Crippen LogP contribution in [-0.4, -0.2) is 81.9 Å². The molecule has 176 valence electrons. The van der Waals surface area contributed by atoms with Gasteiger partial charge in [-0.05, 0) is 22.9 Å². The molecule has 4 heterocycles. The van der Waals surface area contributed by atoms with Crippen LogP contribution in [0.25, 0.3) is 0 Å². The number of aliphatic carboxylic acids is 1. The molecule has 0 aromatic carbocycles. The summed E-state index contributed by atoms with van der Waals surface area (Å²) < 4.78 is 12.1. The number of hydrogen-bond donors (Lipinski definition) is 3. The molecule has 0 saturated carbocycles. The SMILES string of the molecule is CO[C@@]1(NC(=S)C(C)c2cc(=O)[nH]o2)C(=O)N2C(C(=O)O)=C(CSc3nnnn3C)CS[C@H]21. The summed E-state index contributed by atoms with van der Waals surface area (Å²) in [6, 6.07) is 1.27. The summed E-state index contributed by atoms with van der Waals surface area (Å²) in [6.45, 7) is 1.71. The molecule has 16 heteroatoms. The van der Waals surface area contributed by atoms with Gasteiger partial charge in [-0.1, -0.05) is 24.0 Å². The zero-order valence-corrected chi connectivity index (χ0v) is 20.0. The Kier molecular flexibility index (Phi) is 6.35. The molecular weight excluding hydrogens is 494 g/mol. The summed E-state index contributed by atoms with van der Waals surface area (Å²) in [5.74, 6) is -1.36. The van der Waals surface area contributed by atoms with E-state index in [1.165, 1.54) is 46.3 Å². The number of carbonyl (C=O) groups is 2. The second-order valence-electron chi connectivity index (χ2n) is 7.24. The summed E-state index contributed by atoms with van der Waals surface area (Å²) in [5, 5.41) is 26.1. The van der Waals surface area contributed by atoms with Crippen LogP contribution in [0.5, 0.6) is 0 Å². The first-order chi connectivity index (χ1) is 15.7. The number of fused-ring (bicyclic) bond motifs is 1. The van der Waals surface area contributed by atoms with Gasteiger partial charge in [0.1, 0.15) is 16.8 Å². The normalized spacial score (nSPS) is 23.2. The lowest BCUT2D eigenvalue weighted by molar-refractivity contribution is -0.187. The minimum atomic E-state index is -1.54. The van der Waals surface area contributed by atoms with Crippen LogP contribution < -0.4 is 10.9 Å². The Morgan fingerprint density at radius 1 is 1.58 bits per heavy atom. The van der Waals surface area contributed by atoms with Crippen LogP contribution in [0.3, 0.4) is 0 Å². The number of carboxylic acid groups (broad SMARTS) is 1. The molecule has 2 aliphatic rings. The van der Waals surface area contributed by atoms with Gasteiger partial charge in [-0.15, -0.1) is 16.9 Å². The number of thiocarbonyl (C=S) groups is 1. The minimum absolute atomic E-state index is 0.0866. The van der Waals surface area contributed by atoms with Crippen LogP contribution in [0, 0.1) is 0 Å². The maximum atomic E-state index is 13.2. The number of nitrogens with zero attached hydrogens (tertiary/aromatic N) is 5. The monoisotopic (exact) mass is 513 g/mol. The van der Waals surface area contributed by atoms with E-state index in [0.29, 0.717) is 28.0 Å². The van der Waals surface area contributed by atoms with Gasteiger partial charge in [-0.25, -0.2) is 9.48 Å². The number of carbonyl (C=O) groups excluding carboxylic acids is 1. The number of methoxy groups -OCH3 is 1. The van der Waals surface area contributed by atoms with Gasteiger partial charge in [-0.2, -0.15) is 5.16 Å². The number of aromatic amines is 1. The number of aromatic nitrogens is 5. The van der Waals surface area contributed by atoms with Gasteiger partial charge in [0.25, 0.3) is 17.2 Å². The highest BCUT2D eigenvalue weighted by Crippen LogP contribution is 2.47. The van der Waals surface area contributed by atoms with E-state index >= 15 is 0 Å². The van der Waals surface area contributed by atoms with E-state index in [1.54, 1.807) is 14.0 Å². The zero-order valence-electron chi connectivity index (χ0n) is 17.6. The lowest BCUT2D eigenvalue weighted by atomic mass is 9.97. The summed E-state index contributed by atoms with van der Waals surface area (Å²) in [7, 11) is 3.03. The van der Waals surface area contributed by atoms with Crippen molar-refractivity contribution < 1.29 is 24.0 Å². The molecule has 2 aliphatic heterocycles. The molecule has 33 heavy (non-hydrogen) atoms. The second kappa shape index (κ2) is 8.92. The molecule has 1 amide bonds. The van der Waals surface area contributed by atoms with E-state index in [4.69, 9.17) is 21.5 Å². The van der Waals surface area contributed by atoms with E-state index in [0.717, 1.165) is 0 Å². The lowest BCUT2D eigenvalue weighted by Gasteiger charge is -2.56. The molecule has 2 aromatic heterocycles. The fourth-order valence-electron chi connectivity index (χ4n) is 3.48. The molecule has 3 N–H and O–H groups in total. The largest absolute Gasteiger partial charge is 0.477 e. The van der Waals surface area contributed by atoms with Gasteiger partial charge in [0.2, 0.25) is 5.16 Å². The van der Waals surface area contributed by atoms with Gasteiger partial charge in [0.05, 0.1) is 10.9 Å². The summed E-state index contributed by atoms with van der Waals surface area (Å²) in [5.41, 5.74) is -1.47. The van der Waals surface area contributed by atoms with Gasteiger partial charge in [0.15, 0.2) is 0 Å². The van der Waals surface area contributed by atoms with E-state index in [9.17, 15) is 19.5 Å². The third kappa shape index (κ3) is 3.96. The van der Waals surface area contributed by atoms with Crippen LogP contribution in [0.4, 0.5) is 0 Å². The van der Waals surface area contributed by atoms with Crippen LogP contribution in [-0.2, 0) is 21.4 Å². The van der Waals surface area contributed by atoms with Crippen LogP contribution in [0.15, 0.2) is 31.8 Å². The Hall–Kier alpha value is -2.69. The highest BCUT2D eigenvalue weighted by Gasteiger charge is 2.66. The lowest BCUT2D eigenvalue weighted by Crippen LogP contribution is -2.80. The number of β-lactam (4-membered cyclic amide) rings is 1. The predicted octanol–water partition coefficient (Wildman–Crippen LogP) is -0.0993. The van der Waals surface area contributed by atoms with Crippen molar-refractivity contribution in [3.05, 3.63) is 33.5 Å². The first-order valence-corrected chi connectivity index (χ1v) is 11.9. The van der Waals surface area contributed by atoms with Gasteiger partial charge < -0.3 is 19.7 Å². The molecule has 3 atom stereocenters. The molecule has 1 saturated heterocycles. The standard InChI is InChI=1S/C17H19N7O6S3/c1-7(9-4-10(25)20-30-9)12(31)18-17(29-3)14(28)24-11(13(26)27)8(5-32-15(17)24)6-33-16-19-21-22-23(16)2/h4,7,15H,5-6H2,1-3H3,(H,18,31)(H,20,25)(H,26,27)/t7?,15-,17-/m0/s1.